The third-order valence-corrected chi connectivity index (χ3v) is 1.65. The highest BCUT2D eigenvalue weighted by molar-refractivity contribution is 5.86. The van der Waals surface area contributed by atoms with Gasteiger partial charge in [-0.1, -0.05) is 21.3 Å². The van der Waals surface area contributed by atoms with Crippen LogP contribution >= 0.6 is 0 Å². The summed E-state index contributed by atoms with van der Waals surface area (Å²) < 4.78 is 0. The molecule has 0 aromatic rings. The first kappa shape index (κ1) is 9.41. The van der Waals surface area contributed by atoms with Crippen LogP contribution in [-0.4, -0.2) is 5.71 Å². The molecule has 10 heavy (non-hydrogen) atoms. The van der Waals surface area contributed by atoms with E-state index < -0.39 is 0 Å². The molecule has 0 amide bonds. The summed E-state index contributed by atoms with van der Waals surface area (Å²) in [6.07, 6.45) is 3.09. The lowest BCUT2D eigenvalue weighted by atomic mass is 10.0. The van der Waals surface area contributed by atoms with Gasteiger partial charge in [-0.2, -0.15) is 0 Å². The highest BCUT2D eigenvalue weighted by Gasteiger charge is 2.08. The van der Waals surface area contributed by atoms with E-state index in [0.29, 0.717) is 5.92 Å². The third kappa shape index (κ3) is 1.98. The summed E-state index contributed by atoms with van der Waals surface area (Å²) in [5, 5.41) is 0. The molecule has 0 bridgehead atoms. The molecule has 0 saturated heterocycles. The van der Waals surface area contributed by atoms with Crippen LogP contribution in [0.2, 0.25) is 0 Å². The summed E-state index contributed by atoms with van der Waals surface area (Å²) >= 11 is 0. The minimum absolute atomic E-state index is 0. The fourth-order valence-electron chi connectivity index (χ4n) is 0.933. The van der Waals surface area contributed by atoms with Crippen LogP contribution in [0.25, 0.3) is 0 Å². The molecule has 0 aliphatic carbocycles. The van der Waals surface area contributed by atoms with E-state index >= 15 is 0 Å². The van der Waals surface area contributed by atoms with Crippen molar-refractivity contribution in [1.29, 1.82) is 0 Å². The second kappa shape index (κ2) is 3.55. The molecule has 0 atom stereocenters. The normalized spacial score (nSPS) is 16.4. The van der Waals surface area contributed by atoms with Crippen molar-refractivity contribution in [1.82, 2.24) is 0 Å². The molecule has 0 radical (unpaired) electrons. The Balaban J connectivity index is 0.000000810. The quantitative estimate of drug-likeness (QED) is 0.529. The van der Waals surface area contributed by atoms with Crippen LogP contribution in [0.5, 0.6) is 0 Å². The zero-order chi connectivity index (χ0) is 6.85. The van der Waals surface area contributed by atoms with Crippen LogP contribution in [-0.2, 0) is 0 Å². The predicted molar refractivity (Wildman–Crippen MR) is 47.4 cm³/mol. The van der Waals surface area contributed by atoms with Gasteiger partial charge in [0.2, 0.25) is 0 Å². The fourth-order valence-corrected chi connectivity index (χ4v) is 0.933. The van der Waals surface area contributed by atoms with E-state index in [0.717, 1.165) is 6.42 Å². The first-order valence-electron chi connectivity index (χ1n) is 3.42. The Morgan fingerprint density at radius 2 is 2.10 bits per heavy atom. The van der Waals surface area contributed by atoms with E-state index in [1.807, 2.05) is 6.20 Å². The zero-order valence-electron chi connectivity index (χ0n) is 6.31. The van der Waals surface area contributed by atoms with Gasteiger partial charge in [-0.05, 0) is 18.4 Å². The Morgan fingerprint density at radius 1 is 1.50 bits per heavy atom. The van der Waals surface area contributed by atoms with E-state index in [1.165, 1.54) is 11.3 Å². The molecule has 1 heteroatoms. The van der Waals surface area contributed by atoms with Crippen LogP contribution in [0.4, 0.5) is 0 Å². The standard InChI is InChI=1S/C8H13N.CH4/c1-6(2)8-4-7(3)9-5-8;/h5-6H,4H2,1-3H3;1H4. The Hall–Kier alpha value is -0.590. The van der Waals surface area contributed by atoms with Crippen molar-refractivity contribution in [2.24, 2.45) is 10.9 Å². The molecular weight excluding hydrogens is 122 g/mol. The maximum atomic E-state index is 4.19. The summed E-state index contributed by atoms with van der Waals surface area (Å²) in [5.74, 6) is 0.672. The largest absolute Gasteiger partial charge is 0.266 e. The van der Waals surface area contributed by atoms with Gasteiger partial charge in [0.25, 0.3) is 0 Å². The number of aliphatic imine (C=N–C) groups is 1. The van der Waals surface area contributed by atoms with Crippen molar-refractivity contribution in [3.63, 3.8) is 0 Å². The Labute approximate surface area is 63.9 Å². The monoisotopic (exact) mass is 139 g/mol. The maximum Gasteiger partial charge on any atom is 0.0265 e. The van der Waals surface area contributed by atoms with E-state index in [4.69, 9.17) is 0 Å². The highest BCUT2D eigenvalue weighted by atomic mass is 14.7. The van der Waals surface area contributed by atoms with Crippen molar-refractivity contribution in [3.05, 3.63) is 11.8 Å². The molecule has 0 aromatic heterocycles. The predicted octanol–water partition coefficient (Wildman–Crippen LogP) is 3.03. The minimum Gasteiger partial charge on any atom is -0.266 e. The van der Waals surface area contributed by atoms with Crippen molar-refractivity contribution in [2.45, 2.75) is 34.6 Å². The van der Waals surface area contributed by atoms with Crippen molar-refractivity contribution in [2.75, 3.05) is 0 Å². The van der Waals surface area contributed by atoms with E-state index in [2.05, 4.69) is 25.8 Å². The van der Waals surface area contributed by atoms with Crippen LogP contribution in [0.15, 0.2) is 16.8 Å². The molecule has 1 nitrogen and oxygen atoms in total. The van der Waals surface area contributed by atoms with Gasteiger partial charge in [0.05, 0.1) is 0 Å². The van der Waals surface area contributed by atoms with Gasteiger partial charge in [0, 0.05) is 18.3 Å². The molecule has 0 unspecified atom stereocenters. The molecule has 0 fully saturated rings. The molecule has 1 aliphatic rings. The average molecular weight is 139 g/mol. The second-order valence-corrected chi connectivity index (χ2v) is 2.90. The van der Waals surface area contributed by atoms with Crippen LogP contribution in [0, 0.1) is 5.92 Å². The second-order valence-electron chi connectivity index (χ2n) is 2.90. The maximum absolute atomic E-state index is 4.19. The van der Waals surface area contributed by atoms with Gasteiger partial charge in [0.1, 0.15) is 0 Å². The highest BCUT2D eigenvalue weighted by Crippen LogP contribution is 2.19. The van der Waals surface area contributed by atoms with Gasteiger partial charge in [0.15, 0.2) is 0 Å². The first-order valence-corrected chi connectivity index (χ1v) is 3.42. The summed E-state index contributed by atoms with van der Waals surface area (Å²) in [7, 11) is 0. The molecule has 0 saturated carbocycles. The van der Waals surface area contributed by atoms with Crippen LogP contribution in [0.1, 0.15) is 34.6 Å². The van der Waals surface area contributed by atoms with Gasteiger partial charge in [-0.15, -0.1) is 0 Å². The number of nitrogens with zero attached hydrogens (tertiary/aromatic N) is 1. The summed E-state index contributed by atoms with van der Waals surface area (Å²) in [4.78, 5) is 4.19. The van der Waals surface area contributed by atoms with Gasteiger partial charge in [-0.3, -0.25) is 4.99 Å². The molecule has 0 spiro atoms. The molecule has 1 heterocycles. The number of hydrogen-bond donors (Lipinski definition) is 0. The van der Waals surface area contributed by atoms with E-state index in [9.17, 15) is 0 Å². The Bertz CT molecular complexity index is 164. The Kier molecular flexibility index (Phi) is 3.34. The van der Waals surface area contributed by atoms with E-state index in [-0.39, 0.29) is 7.43 Å². The number of allylic oxidation sites excluding steroid dienone is 1. The van der Waals surface area contributed by atoms with E-state index in [1.54, 1.807) is 0 Å². The molecule has 0 aromatic carbocycles. The van der Waals surface area contributed by atoms with Crippen LogP contribution < -0.4 is 0 Å². The summed E-state index contributed by atoms with van der Waals surface area (Å²) in [5.41, 5.74) is 2.71. The molecule has 1 rings (SSSR count). The Morgan fingerprint density at radius 3 is 2.30 bits per heavy atom. The van der Waals surface area contributed by atoms with Crippen molar-refractivity contribution < 1.29 is 0 Å². The molecule has 58 valence electrons. The first-order chi connectivity index (χ1) is 4.20. The molecular formula is C9H17N. The molecule has 0 N–H and O–H groups in total. The smallest absolute Gasteiger partial charge is 0.0265 e. The van der Waals surface area contributed by atoms with Crippen molar-refractivity contribution >= 4 is 5.71 Å². The lowest BCUT2D eigenvalue weighted by Crippen LogP contribution is -1.94. The SMILES string of the molecule is C.CC1=NC=C(C(C)C)C1. The zero-order valence-corrected chi connectivity index (χ0v) is 6.31. The van der Waals surface area contributed by atoms with Gasteiger partial charge in [-0.25, -0.2) is 0 Å². The fraction of sp³-hybridized carbons (Fsp3) is 0.667. The van der Waals surface area contributed by atoms with Crippen molar-refractivity contribution in [3.8, 4) is 0 Å². The minimum atomic E-state index is 0. The lowest BCUT2D eigenvalue weighted by molar-refractivity contribution is 0.758. The average Bonchev–Trinajstić information content (AvgIpc) is 2.14. The number of hydrogen-bond acceptors (Lipinski definition) is 1. The van der Waals surface area contributed by atoms with Gasteiger partial charge < -0.3 is 0 Å². The lowest BCUT2D eigenvalue weighted by Gasteiger charge is -2.02. The van der Waals surface area contributed by atoms with Crippen LogP contribution in [0.3, 0.4) is 0 Å². The topological polar surface area (TPSA) is 12.4 Å². The molecule has 1 aliphatic heterocycles. The van der Waals surface area contributed by atoms with Gasteiger partial charge >= 0.3 is 0 Å². The number of rotatable bonds is 1. The summed E-state index contributed by atoms with van der Waals surface area (Å²) in [6, 6.07) is 0. The third-order valence-electron chi connectivity index (χ3n) is 1.65. The summed E-state index contributed by atoms with van der Waals surface area (Å²) in [6.45, 7) is 6.49.